The van der Waals surface area contributed by atoms with Crippen molar-refractivity contribution in [2.75, 3.05) is 6.61 Å². The molecule has 1 atom stereocenters. The van der Waals surface area contributed by atoms with Crippen molar-refractivity contribution in [3.63, 3.8) is 0 Å². The van der Waals surface area contributed by atoms with Crippen LogP contribution in [0.4, 0.5) is 8.78 Å². The van der Waals surface area contributed by atoms with Gasteiger partial charge in [-0.3, -0.25) is 0 Å². The van der Waals surface area contributed by atoms with Gasteiger partial charge in [0, 0.05) is 5.02 Å². The minimum Gasteiger partial charge on any atom is -0.492 e. The summed E-state index contributed by atoms with van der Waals surface area (Å²) < 4.78 is 31.3. The van der Waals surface area contributed by atoms with Gasteiger partial charge in [0.25, 0.3) is 0 Å². The molecular formula is C14H12ClF2NO. The van der Waals surface area contributed by atoms with Crippen molar-refractivity contribution >= 4 is 11.6 Å². The van der Waals surface area contributed by atoms with E-state index in [0.29, 0.717) is 16.3 Å². The number of halogens is 3. The van der Waals surface area contributed by atoms with Gasteiger partial charge >= 0.3 is 0 Å². The lowest BCUT2D eigenvalue weighted by atomic mass is 10.1. The number of hydrogen-bond donors (Lipinski definition) is 1. The monoisotopic (exact) mass is 283 g/mol. The molecule has 0 radical (unpaired) electrons. The molecule has 19 heavy (non-hydrogen) atoms. The lowest BCUT2D eigenvalue weighted by molar-refractivity contribution is 0.290. The van der Waals surface area contributed by atoms with Crippen molar-refractivity contribution in [1.29, 1.82) is 0 Å². The molecule has 0 aromatic heterocycles. The van der Waals surface area contributed by atoms with Crippen molar-refractivity contribution in [3.05, 3.63) is 64.7 Å². The lowest BCUT2D eigenvalue weighted by Gasteiger charge is -2.14. The summed E-state index contributed by atoms with van der Waals surface area (Å²) in [5, 5.41) is 0.609. The lowest BCUT2D eigenvalue weighted by Crippen LogP contribution is -2.19. The molecule has 0 aliphatic carbocycles. The maximum Gasteiger partial charge on any atom is 0.159 e. The Hall–Kier alpha value is -1.65. The Morgan fingerprint density at radius 3 is 2.37 bits per heavy atom. The maximum atomic E-state index is 13.1. The molecule has 5 heteroatoms. The second-order valence-corrected chi connectivity index (χ2v) is 4.48. The standard InChI is InChI=1S/C14H12ClF2NO/c15-10-2-4-11(5-3-10)19-8-14(18)9-1-6-12(16)13(17)7-9/h1-7,14H,8,18H2. The zero-order valence-electron chi connectivity index (χ0n) is 9.95. The summed E-state index contributed by atoms with van der Waals surface area (Å²) in [6.07, 6.45) is 0. The van der Waals surface area contributed by atoms with Crippen molar-refractivity contribution < 1.29 is 13.5 Å². The van der Waals surface area contributed by atoms with E-state index in [4.69, 9.17) is 22.1 Å². The third-order valence-electron chi connectivity index (χ3n) is 2.62. The third kappa shape index (κ3) is 3.66. The number of rotatable bonds is 4. The molecule has 2 rings (SSSR count). The normalized spacial score (nSPS) is 12.2. The van der Waals surface area contributed by atoms with E-state index in [1.807, 2.05) is 0 Å². The first kappa shape index (κ1) is 13.8. The molecule has 0 amide bonds. The summed E-state index contributed by atoms with van der Waals surface area (Å²) in [5.74, 6) is -1.20. The average molecular weight is 284 g/mol. The van der Waals surface area contributed by atoms with Crippen LogP contribution in [0.25, 0.3) is 0 Å². The molecule has 0 heterocycles. The van der Waals surface area contributed by atoms with Crippen LogP contribution in [0.1, 0.15) is 11.6 Å². The molecule has 2 N–H and O–H groups in total. The Morgan fingerprint density at radius 1 is 1.05 bits per heavy atom. The van der Waals surface area contributed by atoms with Crippen molar-refractivity contribution in [2.45, 2.75) is 6.04 Å². The molecule has 0 saturated carbocycles. The molecule has 2 nitrogen and oxygen atoms in total. The minimum absolute atomic E-state index is 0.159. The highest BCUT2D eigenvalue weighted by Crippen LogP contribution is 2.19. The van der Waals surface area contributed by atoms with Crippen molar-refractivity contribution in [3.8, 4) is 5.75 Å². The second-order valence-electron chi connectivity index (χ2n) is 4.04. The first-order valence-corrected chi connectivity index (χ1v) is 6.03. The first-order chi connectivity index (χ1) is 9.06. The quantitative estimate of drug-likeness (QED) is 0.929. The molecule has 100 valence electrons. The van der Waals surface area contributed by atoms with Gasteiger partial charge in [0.2, 0.25) is 0 Å². The molecule has 0 saturated heterocycles. The van der Waals surface area contributed by atoms with Crippen LogP contribution in [0.2, 0.25) is 5.02 Å². The number of benzene rings is 2. The number of hydrogen-bond acceptors (Lipinski definition) is 2. The van der Waals surface area contributed by atoms with Gasteiger partial charge in [0.1, 0.15) is 12.4 Å². The SMILES string of the molecule is NC(COc1ccc(Cl)cc1)c1ccc(F)c(F)c1. The summed E-state index contributed by atoms with van der Waals surface area (Å²) in [6, 6.07) is 9.83. The van der Waals surface area contributed by atoms with Crippen molar-refractivity contribution in [1.82, 2.24) is 0 Å². The van der Waals surface area contributed by atoms with Gasteiger partial charge in [-0.25, -0.2) is 8.78 Å². The van der Waals surface area contributed by atoms with Gasteiger partial charge in [0.05, 0.1) is 6.04 Å². The highest BCUT2D eigenvalue weighted by Gasteiger charge is 2.10. The maximum absolute atomic E-state index is 13.1. The Bertz CT molecular complexity index is 560. The van der Waals surface area contributed by atoms with Crippen molar-refractivity contribution in [2.24, 2.45) is 5.73 Å². The highest BCUT2D eigenvalue weighted by atomic mass is 35.5. The van der Waals surface area contributed by atoms with Gasteiger partial charge in [-0.15, -0.1) is 0 Å². The highest BCUT2D eigenvalue weighted by molar-refractivity contribution is 6.30. The minimum atomic E-state index is -0.917. The summed E-state index contributed by atoms with van der Waals surface area (Å²) in [6.45, 7) is 0.159. The third-order valence-corrected chi connectivity index (χ3v) is 2.87. The zero-order valence-corrected chi connectivity index (χ0v) is 10.7. The molecule has 2 aromatic carbocycles. The van der Waals surface area contributed by atoms with E-state index in [1.165, 1.54) is 6.07 Å². The van der Waals surface area contributed by atoms with Gasteiger partial charge in [-0.05, 0) is 42.0 Å². The first-order valence-electron chi connectivity index (χ1n) is 5.65. The van der Waals surface area contributed by atoms with E-state index >= 15 is 0 Å². The largest absolute Gasteiger partial charge is 0.492 e. The van der Waals surface area contributed by atoms with Crippen LogP contribution in [-0.4, -0.2) is 6.61 Å². The van der Waals surface area contributed by atoms with Crippen LogP contribution in [0, 0.1) is 11.6 Å². The molecule has 0 spiro atoms. The number of nitrogens with two attached hydrogens (primary N) is 1. The molecule has 0 bridgehead atoms. The predicted molar refractivity (Wildman–Crippen MR) is 70.2 cm³/mol. The summed E-state index contributed by atoms with van der Waals surface area (Å²) in [4.78, 5) is 0. The topological polar surface area (TPSA) is 35.2 Å². The van der Waals surface area contributed by atoms with Gasteiger partial charge < -0.3 is 10.5 Å². The van der Waals surface area contributed by atoms with E-state index in [1.54, 1.807) is 24.3 Å². The summed E-state index contributed by atoms with van der Waals surface area (Å²) in [7, 11) is 0. The van der Waals surface area contributed by atoms with E-state index in [2.05, 4.69) is 0 Å². The second kappa shape index (κ2) is 5.99. The number of ether oxygens (including phenoxy) is 1. The Labute approximate surface area is 114 Å². The Morgan fingerprint density at radius 2 is 1.74 bits per heavy atom. The summed E-state index contributed by atoms with van der Waals surface area (Å²) >= 11 is 5.75. The Kier molecular flexibility index (Phi) is 4.35. The van der Waals surface area contributed by atoms with E-state index in [-0.39, 0.29) is 6.61 Å². The van der Waals surface area contributed by atoms with Gasteiger partial charge in [-0.2, -0.15) is 0 Å². The molecule has 0 aliphatic heterocycles. The van der Waals surface area contributed by atoms with E-state index in [0.717, 1.165) is 12.1 Å². The molecule has 0 fully saturated rings. The smallest absolute Gasteiger partial charge is 0.159 e. The van der Waals surface area contributed by atoms with E-state index < -0.39 is 17.7 Å². The van der Waals surface area contributed by atoms with Crippen LogP contribution in [0.3, 0.4) is 0 Å². The van der Waals surface area contributed by atoms with Crippen LogP contribution in [0.15, 0.2) is 42.5 Å². The molecule has 2 aromatic rings. The fraction of sp³-hybridized carbons (Fsp3) is 0.143. The van der Waals surface area contributed by atoms with E-state index in [9.17, 15) is 8.78 Å². The average Bonchev–Trinajstić information content (AvgIpc) is 2.41. The molecule has 0 aliphatic rings. The van der Waals surface area contributed by atoms with Crippen LogP contribution >= 0.6 is 11.6 Å². The zero-order chi connectivity index (χ0) is 13.8. The van der Waals surface area contributed by atoms with Crippen LogP contribution < -0.4 is 10.5 Å². The Balaban J connectivity index is 1.98. The van der Waals surface area contributed by atoms with Gasteiger partial charge in [0.15, 0.2) is 11.6 Å². The fourth-order valence-electron chi connectivity index (χ4n) is 1.56. The van der Waals surface area contributed by atoms with Crippen LogP contribution in [-0.2, 0) is 0 Å². The predicted octanol–water partition coefficient (Wildman–Crippen LogP) is 3.70. The van der Waals surface area contributed by atoms with Crippen LogP contribution in [0.5, 0.6) is 5.75 Å². The molecular weight excluding hydrogens is 272 g/mol. The summed E-state index contributed by atoms with van der Waals surface area (Å²) in [5.41, 5.74) is 6.33. The molecule has 1 unspecified atom stereocenters. The fourth-order valence-corrected chi connectivity index (χ4v) is 1.68. The van der Waals surface area contributed by atoms with Gasteiger partial charge in [-0.1, -0.05) is 17.7 Å².